The zero-order valence-corrected chi connectivity index (χ0v) is 11.4. The summed E-state index contributed by atoms with van der Waals surface area (Å²) in [6.07, 6.45) is 0.293. The quantitative estimate of drug-likeness (QED) is 0.722. The van der Waals surface area contributed by atoms with Crippen LogP contribution in [0.25, 0.3) is 0 Å². The third-order valence-corrected chi connectivity index (χ3v) is 4.14. The van der Waals surface area contributed by atoms with Gasteiger partial charge in [-0.15, -0.1) is 5.10 Å². The van der Waals surface area contributed by atoms with Crippen molar-refractivity contribution in [2.24, 2.45) is 4.99 Å². The van der Waals surface area contributed by atoms with Crippen LogP contribution in [0.4, 0.5) is 5.95 Å². The average Bonchev–Trinajstić information content (AvgIpc) is 2.91. The zero-order chi connectivity index (χ0) is 13.1. The van der Waals surface area contributed by atoms with Crippen LogP contribution in [-0.2, 0) is 4.79 Å². The number of carbonyl (C=O) groups is 1. The fraction of sp³-hybridized carbons (Fsp3) is 0.429. The van der Waals surface area contributed by atoms with Crippen molar-refractivity contribution in [3.05, 3.63) is 9.82 Å². The number of tetrazole rings is 1. The Balaban J connectivity index is 2.32. The van der Waals surface area contributed by atoms with Crippen LogP contribution < -0.4 is 9.78 Å². The third kappa shape index (κ3) is 2.71. The van der Waals surface area contributed by atoms with Gasteiger partial charge in [0.2, 0.25) is 0 Å². The summed E-state index contributed by atoms with van der Waals surface area (Å²) < 4.78 is 4.30. The number of carboxylic acids is 1. The number of hydrogen-bond donors (Lipinski definition) is 0. The number of aliphatic carboxylic acids is 1. The number of rotatable bonds is 4. The molecule has 0 aliphatic rings. The molecular formula is C7H6ClN6O2S2-. The lowest BCUT2D eigenvalue weighted by atomic mass is 10.2. The van der Waals surface area contributed by atoms with Crippen molar-refractivity contribution in [2.75, 3.05) is 0 Å². The van der Waals surface area contributed by atoms with E-state index >= 15 is 0 Å². The highest BCUT2D eigenvalue weighted by Crippen LogP contribution is 2.11. The Kier molecular flexibility index (Phi) is 3.99. The standard InChI is InChI=1S/C7H7ClN6O2S2/c1-2-3(6(15)16)14-11-7(10-13-14)9-5-4(8)12-18-17-5/h3H,2H2,1H3,(H,15,16)/p-1. The summed E-state index contributed by atoms with van der Waals surface area (Å²) in [5.74, 6) is -1.23. The van der Waals surface area contributed by atoms with Gasteiger partial charge >= 0.3 is 0 Å². The van der Waals surface area contributed by atoms with Crippen molar-refractivity contribution in [1.29, 1.82) is 0 Å². The van der Waals surface area contributed by atoms with E-state index in [2.05, 4.69) is 24.8 Å². The topological polar surface area (TPSA) is 109 Å². The Morgan fingerprint density at radius 2 is 2.44 bits per heavy atom. The molecule has 2 heterocycles. The Morgan fingerprint density at radius 3 is 3.00 bits per heavy atom. The molecule has 0 aromatic carbocycles. The first-order chi connectivity index (χ1) is 8.61. The maximum Gasteiger partial charge on any atom is 0.290 e. The monoisotopic (exact) mass is 305 g/mol. The lowest BCUT2D eigenvalue weighted by molar-refractivity contribution is -0.311. The van der Waals surface area contributed by atoms with Gasteiger partial charge in [0.15, 0.2) is 9.82 Å². The molecule has 0 aliphatic carbocycles. The Hall–Kier alpha value is -1.39. The van der Waals surface area contributed by atoms with Gasteiger partial charge < -0.3 is 9.90 Å². The van der Waals surface area contributed by atoms with Crippen LogP contribution in [0.5, 0.6) is 0 Å². The molecule has 11 heteroatoms. The predicted octanol–water partition coefficient (Wildman–Crippen LogP) is -0.222. The number of carbonyl (C=O) groups excluding carboxylic acids is 1. The minimum absolute atomic E-state index is 0.0352. The first kappa shape index (κ1) is 13.1. The molecular weight excluding hydrogens is 300 g/mol. The second-order valence-electron chi connectivity index (χ2n) is 3.11. The molecule has 2 rings (SSSR count). The molecule has 1 unspecified atom stereocenters. The minimum atomic E-state index is -1.26. The van der Waals surface area contributed by atoms with E-state index in [0.717, 1.165) is 4.80 Å². The van der Waals surface area contributed by atoms with Gasteiger partial charge in [-0.3, -0.25) is 0 Å². The highest BCUT2D eigenvalue weighted by molar-refractivity contribution is 7.66. The maximum absolute atomic E-state index is 10.8. The molecule has 8 nitrogen and oxygen atoms in total. The van der Waals surface area contributed by atoms with Crippen LogP contribution in [0.15, 0.2) is 4.99 Å². The van der Waals surface area contributed by atoms with Crippen LogP contribution in [0.1, 0.15) is 19.4 Å². The first-order valence-electron chi connectivity index (χ1n) is 4.78. The molecule has 0 N–H and O–H groups in total. The van der Waals surface area contributed by atoms with Gasteiger partial charge in [0.05, 0.1) is 5.97 Å². The van der Waals surface area contributed by atoms with E-state index in [-0.39, 0.29) is 11.1 Å². The van der Waals surface area contributed by atoms with Crippen molar-refractivity contribution in [3.8, 4) is 0 Å². The summed E-state index contributed by atoms with van der Waals surface area (Å²) in [5, 5.41) is 22.2. The van der Waals surface area contributed by atoms with Crippen LogP contribution in [0.2, 0.25) is 5.15 Å². The number of carboxylic acid groups (broad SMARTS) is 1. The number of hydrogen-bond acceptors (Lipinski definition) is 9. The van der Waals surface area contributed by atoms with E-state index in [9.17, 15) is 9.90 Å². The molecule has 0 aliphatic heterocycles. The average molecular weight is 306 g/mol. The molecule has 0 saturated heterocycles. The molecule has 0 bridgehead atoms. The summed E-state index contributed by atoms with van der Waals surface area (Å²) >= 11 is 5.77. The minimum Gasteiger partial charge on any atom is -0.548 e. The van der Waals surface area contributed by atoms with Crippen molar-refractivity contribution >= 4 is 44.4 Å². The summed E-state index contributed by atoms with van der Waals surface area (Å²) in [4.78, 5) is 15.8. The zero-order valence-electron chi connectivity index (χ0n) is 8.98. The molecule has 1 atom stereocenters. The predicted molar refractivity (Wildman–Crippen MR) is 62.4 cm³/mol. The lowest BCUT2D eigenvalue weighted by Gasteiger charge is -2.12. The van der Waals surface area contributed by atoms with E-state index in [1.54, 1.807) is 6.92 Å². The van der Waals surface area contributed by atoms with Gasteiger partial charge in [-0.2, -0.15) is 14.2 Å². The highest BCUT2D eigenvalue weighted by Gasteiger charge is 2.13. The van der Waals surface area contributed by atoms with Gasteiger partial charge in [-0.05, 0) is 22.0 Å². The van der Waals surface area contributed by atoms with Crippen molar-refractivity contribution in [2.45, 2.75) is 19.4 Å². The summed E-state index contributed by atoms with van der Waals surface area (Å²) in [6.45, 7) is 1.68. The van der Waals surface area contributed by atoms with E-state index in [0.29, 0.717) is 11.1 Å². The van der Waals surface area contributed by atoms with Crippen LogP contribution in [-0.4, -0.2) is 30.6 Å². The normalized spacial score (nSPS) is 13.8. The van der Waals surface area contributed by atoms with E-state index in [4.69, 9.17) is 11.6 Å². The first-order valence-corrected chi connectivity index (χ1v) is 7.27. The fourth-order valence-electron chi connectivity index (χ4n) is 1.13. The van der Waals surface area contributed by atoms with Gasteiger partial charge in [0.1, 0.15) is 6.04 Å². The maximum atomic E-state index is 10.8. The molecule has 0 fully saturated rings. The van der Waals surface area contributed by atoms with Crippen LogP contribution in [0, 0.1) is 0 Å². The number of nitrogens with zero attached hydrogens (tertiary/aromatic N) is 6. The van der Waals surface area contributed by atoms with Gasteiger partial charge in [-0.1, -0.05) is 23.6 Å². The summed E-state index contributed by atoms with van der Waals surface area (Å²) in [6, 6.07) is -0.957. The number of aromatic nitrogens is 5. The third-order valence-electron chi connectivity index (χ3n) is 1.97. The Morgan fingerprint density at radius 1 is 1.67 bits per heavy atom. The van der Waals surface area contributed by atoms with Crippen molar-refractivity contribution in [3.63, 3.8) is 0 Å². The molecule has 0 radical (unpaired) electrons. The SMILES string of the molecule is CCC(C(=O)[O-])n1nnc(N=c2ssnc2Cl)n1. The van der Waals surface area contributed by atoms with Crippen molar-refractivity contribution in [1.82, 2.24) is 24.6 Å². The van der Waals surface area contributed by atoms with Crippen LogP contribution in [0.3, 0.4) is 0 Å². The van der Waals surface area contributed by atoms with Crippen molar-refractivity contribution < 1.29 is 9.90 Å². The Bertz CT molecular complexity index is 619. The smallest absolute Gasteiger partial charge is 0.290 e. The Labute approximate surface area is 113 Å². The highest BCUT2D eigenvalue weighted by atomic mass is 35.5. The van der Waals surface area contributed by atoms with Gasteiger partial charge in [0.25, 0.3) is 5.95 Å². The van der Waals surface area contributed by atoms with Crippen LogP contribution >= 0.6 is 32.5 Å². The van der Waals surface area contributed by atoms with Gasteiger partial charge in [-0.25, -0.2) is 0 Å². The van der Waals surface area contributed by atoms with E-state index in [1.807, 2.05) is 0 Å². The molecule has 0 amide bonds. The fourth-order valence-corrected chi connectivity index (χ4v) is 3.10. The largest absolute Gasteiger partial charge is 0.548 e. The van der Waals surface area contributed by atoms with E-state index < -0.39 is 12.0 Å². The molecule has 0 spiro atoms. The molecule has 2 aromatic heterocycles. The molecule has 0 saturated carbocycles. The lowest BCUT2D eigenvalue weighted by Crippen LogP contribution is -2.34. The second-order valence-corrected chi connectivity index (χ2v) is 5.30. The molecule has 18 heavy (non-hydrogen) atoms. The number of halogens is 1. The molecule has 2 aromatic rings. The summed E-state index contributed by atoms with van der Waals surface area (Å²) in [5.41, 5.74) is 0. The summed E-state index contributed by atoms with van der Waals surface area (Å²) in [7, 11) is 2.45. The van der Waals surface area contributed by atoms with Gasteiger partial charge in [0, 0.05) is 10.5 Å². The van der Waals surface area contributed by atoms with E-state index in [1.165, 1.54) is 20.9 Å². The second kappa shape index (κ2) is 5.50. The molecule has 96 valence electrons.